The molecule has 0 atom stereocenters. The number of unbranched alkanes of at least 4 members (excludes halogenated alkanes) is 1. The molecule has 0 unspecified atom stereocenters. The van der Waals surface area contributed by atoms with Crippen molar-refractivity contribution in [3.63, 3.8) is 0 Å². The van der Waals surface area contributed by atoms with Crippen LogP contribution >= 0.6 is 15.9 Å². The summed E-state index contributed by atoms with van der Waals surface area (Å²) < 4.78 is 18.4. The first kappa shape index (κ1) is 22.4. The number of hydrogen-bond acceptors (Lipinski definition) is 5. The highest BCUT2D eigenvalue weighted by Crippen LogP contribution is 2.35. The predicted molar refractivity (Wildman–Crippen MR) is 123 cm³/mol. The largest absolute Gasteiger partial charge is 0.352 e. The van der Waals surface area contributed by atoms with Crippen LogP contribution in [0, 0.1) is 12.7 Å². The molecule has 0 spiro atoms. The molecule has 3 aromatic rings. The van der Waals surface area contributed by atoms with Crippen molar-refractivity contribution in [2.75, 3.05) is 12.4 Å². The van der Waals surface area contributed by atoms with Gasteiger partial charge in [-0.2, -0.15) is 0 Å². The molecule has 0 bridgehead atoms. The molecule has 1 heterocycles. The van der Waals surface area contributed by atoms with Gasteiger partial charge >= 0.3 is 0 Å². The molecule has 1 N–H and O–H groups in total. The second-order valence-electron chi connectivity index (χ2n) is 7.86. The molecule has 1 aliphatic carbocycles. The average molecular weight is 503 g/mol. The van der Waals surface area contributed by atoms with Crippen LogP contribution in [0.4, 0.5) is 15.8 Å². The first-order chi connectivity index (χ1) is 15.4. The monoisotopic (exact) mass is 502 g/mol. The van der Waals surface area contributed by atoms with Gasteiger partial charge in [-0.3, -0.25) is 9.63 Å². The van der Waals surface area contributed by atoms with Crippen LogP contribution in [0.3, 0.4) is 0 Å². The number of rotatable bonds is 9. The molecule has 7 nitrogen and oxygen atoms in total. The van der Waals surface area contributed by atoms with Crippen LogP contribution in [0.25, 0.3) is 11.0 Å². The molecule has 0 saturated heterocycles. The van der Waals surface area contributed by atoms with Gasteiger partial charge in [-0.05, 0) is 56.0 Å². The zero-order valence-corrected chi connectivity index (χ0v) is 19.5. The summed E-state index contributed by atoms with van der Waals surface area (Å²) >= 11 is 3.43. The SMILES string of the molecule is CON(C(=O)c1cc2c(ncn2CCCC=O)c(F)c1Nc1ccc(Br)cc1C)C1CC1. The quantitative estimate of drug-likeness (QED) is 0.249. The van der Waals surface area contributed by atoms with Gasteiger partial charge in [-0.1, -0.05) is 15.9 Å². The van der Waals surface area contributed by atoms with Crippen molar-refractivity contribution in [1.29, 1.82) is 0 Å². The molecule has 32 heavy (non-hydrogen) atoms. The summed E-state index contributed by atoms with van der Waals surface area (Å²) in [7, 11) is 1.45. The summed E-state index contributed by atoms with van der Waals surface area (Å²) in [5.41, 5.74) is 2.47. The molecule has 1 aliphatic rings. The van der Waals surface area contributed by atoms with Crippen molar-refractivity contribution in [2.45, 2.75) is 45.2 Å². The number of aryl methyl sites for hydroxylation is 2. The third-order valence-corrected chi connectivity index (χ3v) is 6.02. The zero-order chi connectivity index (χ0) is 22.8. The van der Waals surface area contributed by atoms with Gasteiger partial charge in [-0.25, -0.2) is 14.4 Å². The standard InChI is InChI=1S/C23H24BrFN4O3/c1-14-11-15(24)5-8-18(14)27-21-17(23(31)29(32-2)16-6-7-16)12-19-22(20(21)25)26-13-28(19)9-3-4-10-30/h5,8,10-13,16,27H,3-4,6-7,9H2,1-2H3. The topological polar surface area (TPSA) is 76.5 Å². The Morgan fingerprint density at radius 2 is 2.19 bits per heavy atom. The van der Waals surface area contributed by atoms with Crippen LogP contribution in [0.1, 0.15) is 41.6 Å². The number of benzene rings is 2. The minimum Gasteiger partial charge on any atom is -0.352 e. The van der Waals surface area contributed by atoms with Crippen molar-refractivity contribution in [2.24, 2.45) is 0 Å². The molecule has 4 rings (SSSR count). The highest BCUT2D eigenvalue weighted by atomic mass is 79.9. The van der Waals surface area contributed by atoms with E-state index in [0.717, 1.165) is 29.2 Å². The van der Waals surface area contributed by atoms with Crippen molar-refractivity contribution < 1.29 is 18.8 Å². The van der Waals surface area contributed by atoms with E-state index in [4.69, 9.17) is 4.84 Å². The maximum atomic E-state index is 15.8. The summed E-state index contributed by atoms with van der Waals surface area (Å²) in [6, 6.07) is 7.23. The van der Waals surface area contributed by atoms with E-state index in [2.05, 4.69) is 26.2 Å². The van der Waals surface area contributed by atoms with Gasteiger partial charge in [0.2, 0.25) is 0 Å². The zero-order valence-electron chi connectivity index (χ0n) is 17.9. The molecule has 168 valence electrons. The highest BCUT2D eigenvalue weighted by Gasteiger charge is 2.36. The number of anilines is 2. The van der Waals surface area contributed by atoms with E-state index < -0.39 is 11.7 Å². The minimum absolute atomic E-state index is 0.00831. The Bertz CT molecular complexity index is 1180. The van der Waals surface area contributed by atoms with E-state index in [1.165, 1.54) is 18.5 Å². The fourth-order valence-corrected chi connectivity index (χ4v) is 4.17. The third kappa shape index (κ3) is 4.40. The van der Waals surface area contributed by atoms with Crippen LogP contribution in [0.15, 0.2) is 35.1 Å². The smallest absolute Gasteiger partial charge is 0.279 e. The number of carbonyl (C=O) groups excluding carboxylic acids is 2. The van der Waals surface area contributed by atoms with Gasteiger partial charge in [0.05, 0.1) is 36.2 Å². The third-order valence-electron chi connectivity index (χ3n) is 5.53. The van der Waals surface area contributed by atoms with Crippen molar-refractivity contribution >= 4 is 50.5 Å². The van der Waals surface area contributed by atoms with Gasteiger partial charge in [0, 0.05) is 23.1 Å². The molecule has 9 heteroatoms. The fourth-order valence-electron chi connectivity index (χ4n) is 3.70. The molecular formula is C23H24BrFN4O3. The van der Waals surface area contributed by atoms with E-state index in [9.17, 15) is 9.59 Å². The molecule has 0 aliphatic heterocycles. The number of imidazole rings is 1. The van der Waals surface area contributed by atoms with Crippen LogP contribution in [0.2, 0.25) is 0 Å². The van der Waals surface area contributed by atoms with Crippen LogP contribution in [-0.4, -0.2) is 40.0 Å². The fraction of sp³-hybridized carbons (Fsp3) is 0.348. The lowest BCUT2D eigenvalue weighted by molar-refractivity contribution is -0.107. The van der Waals surface area contributed by atoms with E-state index in [1.807, 2.05) is 25.1 Å². The summed E-state index contributed by atoms with van der Waals surface area (Å²) in [6.45, 7) is 2.40. The summed E-state index contributed by atoms with van der Waals surface area (Å²) in [5, 5.41) is 4.43. The Labute approximate surface area is 193 Å². The summed E-state index contributed by atoms with van der Waals surface area (Å²) in [6.07, 6.45) is 5.09. The Kier molecular flexibility index (Phi) is 6.57. The number of halogens is 2. The highest BCUT2D eigenvalue weighted by molar-refractivity contribution is 9.10. The Morgan fingerprint density at radius 1 is 1.41 bits per heavy atom. The lowest BCUT2D eigenvalue weighted by Crippen LogP contribution is -2.32. The van der Waals surface area contributed by atoms with Gasteiger partial charge in [0.1, 0.15) is 11.8 Å². The lowest BCUT2D eigenvalue weighted by atomic mass is 10.1. The molecule has 1 fully saturated rings. The van der Waals surface area contributed by atoms with Gasteiger partial charge in [0.15, 0.2) is 5.82 Å². The molecule has 1 saturated carbocycles. The number of hydroxylamine groups is 2. The number of aromatic nitrogens is 2. The van der Waals surface area contributed by atoms with Crippen molar-refractivity contribution in [3.05, 3.63) is 52.0 Å². The number of carbonyl (C=O) groups is 2. The Hall–Kier alpha value is -2.78. The first-order valence-corrected chi connectivity index (χ1v) is 11.3. The summed E-state index contributed by atoms with van der Waals surface area (Å²) in [4.78, 5) is 33.7. The average Bonchev–Trinajstić information content (AvgIpc) is 3.52. The van der Waals surface area contributed by atoms with Crippen LogP contribution in [-0.2, 0) is 16.2 Å². The number of fused-ring (bicyclic) bond motifs is 1. The molecular weight excluding hydrogens is 479 g/mol. The molecule has 1 amide bonds. The van der Waals surface area contributed by atoms with E-state index in [0.29, 0.717) is 30.6 Å². The maximum Gasteiger partial charge on any atom is 0.279 e. The number of aldehydes is 1. The lowest BCUT2D eigenvalue weighted by Gasteiger charge is -2.22. The van der Waals surface area contributed by atoms with Crippen LogP contribution < -0.4 is 5.32 Å². The van der Waals surface area contributed by atoms with Gasteiger partial charge in [0.25, 0.3) is 5.91 Å². The summed E-state index contributed by atoms with van der Waals surface area (Å²) in [5.74, 6) is -1.01. The number of hydrogen-bond donors (Lipinski definition) is 1. The number of nitrogens with one attached hydrogen (secondary N) is 1. The normalized spacial score (nSPS) is 13.4. The number of nitrogens with zero attached hydrogens (tertiary/aromatic N) is 3. The molecule has 2 aromatic carbocycles. The second-order valence-corrected chi connectivity index (χ2v) is 8.77. The Morgan fingerprint density at radius 3 is 2.84 bits per heavy atom. The molecule has 1 aromatic heterocycles. The maximum absolute atomic E-state index is 15.8. The van der Waals surface area contributed by atoms with Crippen molar-refractivity contribution in [3.8, 4) is 0 Å². The number of amides is 1. The second kappa shape index (κ2) is 9.38. The minimum atomic E-state index is -0.603. The van der Waals surface area contributed by atoms with Crippen molar-refractivity contribution in [1.82, 2.24) is 14.6 Å². The predicted octanol–water partition coefficient (Wildman–Crippen LogP) is 5.14. The van der Waals surface area contributed by atoms with Crippen LogP contribution in [0.5, 0.6) is 0 Å². The first-order valence-electron chi connectivity index (χ1n) is 10.5. The molecule has 0 radical (unpaired) electrons. The van der Waals surface area contributed by atoms with Gasteiger partial charge < -0.3 is 14.7 Å². The van der Waals surface area contributed by atoms with E-state index in [-0.39, 0.29) is 22.8 Å². The van der Waals surface area contributed by atoms with E-state index >= 15 is 4.39 Å². The Balaban J connectivity index is 1.83. The van der Waals surface area contributed by atoms with Gasteiger partial charge in [-0.15, -0.1) is 0 Å². The van der Waals surface area contributed by atoms with E-state index in [1.54, 1.807) is 10.6 Å².